The Morgan fingerprint density at radius 1 is 1.42 bits per heavy atom. The minimum Gasteiger partial charge on any atom is -0.481 e. The summed E-state index contributed by atoms with van der Waals surface area (Å²) < 4.78 is 0. The third kappa shape index (κ3) is 2.03. The average Bonchev–Trinajstić information content (AvgIpc) is 2.78. The number of aliphatic carboxylic acids is 1. The van der Waals surface area contributed by atoms with E-state index in [1.807, 2.05) is 6.07 Å². The van der Waals surface area contributed by atoms with Crippen LogP contribution >= 0.6 is 0 Å². The zero-order chi connectivity index (χ0) is 13.5. The van der Waals surface area contributed by atoms with E-state index in [2.05, 4.69) is 30.1 Å². The Bertz CT molecular complexity index is 629. The summed E-state index contributed by atoms with van der Waals surface area (Å²) in [5.74, 6) is -0.704. The molecule has 0 unspecified atom stereocenters. The lowest BCUT2D eigenvalue weighted by atomic mass is 9.72. The van der Waals surface area contributed by atoms with Crippen molar-refractivity contribution in [3.05, 3.63) is 35.5 Å². The van der Waals surface area contributed by atoms with Crippen LogP contribution in [-0.2, 0) is 16.6 Å². The molecule has 2 N–H and O–H groups in total. The monoisotopic (exact) mass is 257 g/mol. The maximum Gasteiger partial charge on any atom is 0.303 e. The molecule has 0 saturated carbocycles. The molecule has 1 aromatic heterocycles. The smallest absolute Gasteiger partial charge is 0.303 e. The Labute approximate surface area is 112 Å². The lowest BCUT2D eigenvalue weighted by Gasteiger charge is -2.33. The number of H-pyrrole nitrogens is 1. The Kier molecular flexibility index (Phi) is 2.85. The van der Waals surface area contributed by atoms with Crippen molar-refractivity contribution < 1.29 is 9.90 Å². The summed E-state index contributed by atoms with van der Waals surface area (Å²) in [5, 5.41) is 10.2. The molecule has 1 aliphatic rings. The summed E-state index contributed by atoms with van der Waals surface area (Å²) in [6.07, 6.45) is 4.26. The molecular weight excluding hydrogens is 238 g/mol. The van der Waals surface area contributed by atoms with E-state index in [0.717, 1.165) is 19.3 Å². The number of hydrogen-bond acceptors (Lipinski definition) is 1. The first-order valence-electron chi connectivity index (χ1n) is 6.92. The van der Waals surface area contributed by atoms with E-state index in [4.69, 9.17) is 5.11 Å². The Hall–Kier alpha value is -1.77. The van der Waals surface area contributed by atoms with Crippen LogP contribution < -0.4 is 0 Å². The Morgan fingerprint density at radius 2 is 2.21 bits per heavy atom. The van der Waals surface area contributed by atoms with Gasteiger partial charge in [-0.15, -0.1) is 0 Å². The van der Waals surface area contributed by atoms with Gasteiger partial charge in [-0.3, -0.25) is 4.79 Å². The number of aryl methyl sites for hydroxylation is 1. The summed E-state index contributed by atoms with van der Waals surface area (Å²) >= 11 is 0. The van der Waals surface area contributed by atoms with E-state index in [-0.39, 0.29) is 11.8 Å². The normalized spacial score (nSPS) is 22.4. The highest BCUT2D eigenvalue weighted by atomic mass is 16.4. The fraction of sp³-hybridized carbons (Fsp3) is 0.438. The van der Waals surface area contributed by atoms with E-state index >= 15 is 0 Å². The lowest BCUT2D eigenvalue weighted by molar-refractivity contribution is -0.137. The molecule has 0 spiro atoms. The summed E-state index contributed by atoms with van der Waals surface area (Å²) in [6.45, 7) is 2.20. The van der Waals surface area contributed by atoms with Gasteiger partial charge in [-0.2, -0.15) is 0 Å². The molecule has 0 amide bonds. The number of fused-ring (bicyclic) bond motifs is 3. The average molecular weight is 257 g/mol. The second-order valence-corrected chi connectivity index (χ2v) is 5.83. The molecule has 0 fully saturated rings. The highest BCUT2D eigenvalue weighted by molar-refractivity contribution is 5.85. The van der Waals surface area contributed by atoms with Crippen molar-refractivity contribution in [2.75, 3.05) is 0 Å². The van der Waals surface area contributed by atoms with Crippen LogP contribution in [0.2, 0.25) is 0 Å². The van der Waals surface area contributed by atoms with Gasteiger partial charge in [0.15, 0.2) is 0 Å². The van der Waals surface area contributed by atoms with Crippen LogP contribution in [0.15, 0.2) is 24.3 Å². The topological polar surface area (TPSA) is 53.1 Å². The fourth-order valence-corrected chi connectivity index (χ4v) is 3.39. The van der Waals surface area contributed by atoms with Gasteiger partial charge in [0.25, 0.3) is 0 Å². The molecule has 0 saturated heterocycles. The van der Waals surface area contributed by atoms with Gasteiger partial charge in [0.2, 0.25) is 0 Å². The zero-order valence-electron chi connectivity index (χ0n) is 11.2. The van der Waals surface area contributed by atoms with Crippen LogP contribution in [0.1, 0.15) is 43.9 Å². The molecular formula is C16H19NO2. The van der Waals surface area contributed by atoms with Gasteiger partial charge in [-0.05, 0) is 37.3 Å². The van der Waals surface area contributed by atoms with Gasteiger partial charge in [0.05, 0.1) is 0 Å². The van der Waals surface area contributed by atoms with Gasteiger partial charge < -0.3 is 10.1 Å². The number of carboxylic acid groups (broad SMARTS) is 1. The third-order valence-electron chi connectivity index (χ3n) is 4.46. The van der Waals surface area contributed by atoms with Crippen LogP contribution in [0.3, 0.4) is 0 Å². The van der Waals surface area contributed by atoms with Gasteiger partial charge in [0.1, 0.15) is 0 Å². The van der Waals surface area contributed by atoms with Gasteiger partial charge in [-0.1, -0.05) is 25.1 Å². The number of rotatable bonds is 3. The first-order valence-corrected chi connectivity index (χ1v) is 6.92. The minimum absolute atomic E-state index is 0.0228. The number of hydrogen-bond donors (Lipinski definition) is 2. The van der Waals surface area contributed by atoms with Crippen LogP contribution in [0.25, 0.3) is 10.9 Å². The van der Waals surface area contributed by atoms with E-state index in [1.54, 1.807) is 0 Å². The highest BCUT2D eigenvalue weighted by Crippen LogP contribution is 2.42. The SMILES string of the molecule is C[C@]1(CCC(=O)O)CCCc2c1[nH]c1ccccc21. The number of nitrogens with one attached hydrogen (secondary N) is 1. The molecule has 3 rings (SSSR count). The first-order chi connectivity index (χ1) is 9.10. The third-order valence-corrected chi connectivity index (χ3v) is 4.46. The van der Waals surface area contributed by atoms with Gasteiger partial charge in [-0.25, -0.2) is 0 Å². The molecule has 0 aliphatic heterocycles. The van der Waals surface area contributed by atoms with Crippen molar-refractivity contribution in [1.82, 2.24) is 4.98 Å². The fourth-order valence-electron chi connectivity index (χ4n) is 3.39. The second kappa shape index (κ2) is 4.41. The number of aromatic amines is 1. The molecule has 19 heavy (non-hydrogen) atoms. The van der Waals surface area contributed by atoms with E-state index < -0.39 is 5.97 Å². The molecule has 1 heterocycles. The van der Waals surface area contributed by atoms with E-state index in [0.29, 0.717) is 6.42 Å². The second-order valence-electron chi connectivity index (χ2n) is 5.83. The molecule has 100 valence electrons. The Balaban J connectivity index is 2.06. The van der Waals surface area contributed by atoms with Crippen molar-refractivity contribution in [3.8, 4) is 0 Å². The summed E-state index contributed by atoms with van der Waals surface area (Å²) in [4.78, 5) is 14.4. The lowest BCUT2D eigenvalue weighted by Crippen LogP contribution is -2.28. The van der Waals surface area contributed by atoms with Crippen molar-refractivity contribution in [3.63, 3.8) is 0 Å². The molecule has 0 bridgehead atoms. The predicted molar refractivity (Wildman–Crippen MR) is 75.5 cm³/mol. The summed E-state index contributed by atoms with van der Waals surface area (Å²) in [6, 6.07) is 8.37. The number of aromatic nitrogens is 1. The van der Waals surface area contributed by atoms with Gasteiger partial charge >= 0.3 is 5.97 Å². The first kappa shape index (κ1) is 12.3. The number of benzene rings is 1. The summed E-state index contributed by atoms with van der Waals surface area (Å²) in [5.41, 5.74) is 3.82. The molecule has 1 aliphatic carbocycles. The molecule has 2 aromatic rings. The molecule has 3 heteroatoms. The maximum atomic E-state index is 10.9. The number of para-hydroxylation sites is 1. The Morgan fingerprint density at radius 3 is 3.00 bits per heavy atom. The highest BCUT2D eigenvalue weighted by Gasteiger charge is 2.34. The molecule has 1 aromatic carbocycles. The van der Waals surface area contributed by atoms with Crippen molar-refractivity contribution in [2.45, 2.75) is 44.4 Å². The molecule has 0 radical (unpaired) electrons. The van der Waals surface area contributed by atoms with Crippen LogP contribution in [-0.4, -0.2) is 16.1 Å². The van der Waals surface area contributed by atoms with Gasteiger partial charge in [0, 0.05) is 28.4 Å². The number of carboxylic acids is 1. The van der Waals surface area contributed by atoms with E-state index in [9.17, 15) is 4.79 Å². The van der Waals surface area contributed by atoms with Crippen molar-refractivity contribution in [1.29, 1.82) is 0 Å². The quantitative estimate of drug-likeness (QED) is 0.882. The molecule has 3 nitrogen and oxygen atoms in total. The van der Waals surface area contributed by atoms with Crippen LogP contribution in [0.4, 0.5) is 0 Å². The maximum absolute atomic E-state index is 10.9. The zero-order valence-corrected chi connectivity index (χ0v) is 11.2. The van der Waals surface area contributed by atoms with Crippen LogP contribution in [0.5, 0.6) is 0 Å². The van der Waals surface area contributed by atoms with Crippen molar-refractivity contribution in [2.24, 2.45) is 0 Å². The minimum atomic E-state index is -0.704. The number of carbonyl (C=O) groups is 1. The van der Waals surface area contributed by atoms with Crippen molar-refractivity contribution >= 4 is 16.9 Å². The van der Waals surface area contributed by atoms with E-state index in [1.165, 1.54) is 22.2 Å². The van der Waals surface area contributed by atoms with Crippen LogP contribution in [0, 0.1) is 0 Å². The summed E-state index contributed by atoms with van der Waals surface area (Å²) in [7, 11) is 0. The molecule has 1 atom stereocenters. The predicted octanol–water partition coefficient (Wildman–Crippen LogP) is 3.63. The largest absolute Gasteiger partial charge is 0.481 e. The standard InChI is InChI=1S/C16H19NO2/c1-16(10-8-14(18)19)9-4-6-12-11-5-2-3-7-13(11)17-15(12)16/h2-3,5,7,17H,4,6,8-10H2,1H3,(H,18,19)/t16-/m1/s1.